The van der Waals surface area contributed by atoms with E-state index in [0.29, 0.717) is 11.5 Å². The Bertz CT molecular complexity index is 458. The third-order valence-corrected chi connectivity index (χ3v) is 4.29. The van der Waals surface area contributed by atoms with Gasteiger partial charge in [-0.25, -0.2) is 0 Å². The molecule has 0 spiro atoms. The van der Waals surface area contributed by atoms with Crippen LogP contribution in [-0.4, -0.2) is 22.5 Å². The molecule has 20 heavy (non-hydrogen) atoms. The van der Waals surface area contributed by atoms with E-state index in [2.05, 4.69) is 20.8 Å². The summed E-state index contributed by atoms with van der Waals surface area (Å²) in [4.78, 5) is 12.2. The Balaban J connectivity index is 2.58. The molecule has 0 radical (unpaired) electrons. The first-order valence-electron chi connectivity index (χ1n) is 6.99. The van der Waals surface area contributed by atoms with E-state index in [1.54, 1.807) is 0 Å². The van der Waals surface area contributed by atoms with Crippen LogP contribution >= 0.6 is 0 Å². The molecule has 1 unspecified atom stereocenters. The van der Waals surface area contributed by atoms with E-state index in [1.165, 1.54) is 5.56 Å². The van der Waals surface area contributed by atoms with Crippen molar-refractivity contribution in [2.24, 2.45) is 0 Å². The third kappa shape index (κ3) is 5.45. The van der Waals surface area contributed by atoms with Crippen LogP contribution in [0.2, 0.25) is 0 Å². The van der Waals surface area contributed by atoms with Gasteiger partial charge >= 0.3 is 5.97 Å². The van der Waals surface area contributed by atoms with Crippen LogP contribution in [0.4, 0.5) is 0 Å². The number of unbranched alkanes of at least 4 members (excludes halogenated alkanes) is 1. The minimum Gasteiger partial charge on any atom is -0.465 e. The van der Waals surface area contributed by atoms with Crippen molar-refractivity contribution < 1.29 is 13.7 Å². The van der Waals surface area contributed by atoms with E-state index in [-0.39, 0.29) is 11.2 Å². The molecule has 1 aromatic rings. The first-order valence-corrected chi connectivity index (χ1v) is 8.31. The van der Waals surface area contributed by atoms with Crippen LogP contribution in [0.5, 0.6) is 0 Å². The Morgan fingerprint density at radius 3 is 2.30 bits per heavy atom. The molecule has 0 aliphatic heterocycles. The van der Waals surface area contributed by atoms with Crippen LogP contribution in [0, 0.1) is 0 Å². The Hall–Kier alpha value is -1.16. The second-order valence-electron chi connectivity index (χ2n) is 5.84. The minimum absolute atomic E-state index is 0.0686. The maximum absolute atomic E-state index is 12.1. The summed E-state index contributed by atoms with van der Waals surface area (Å²) in [5.41, 5.74) is 1.25. The van der Waals surface area contributed by atoms with Gasteiger partial charge in [-0.2, -0.15) is 0 Å². The summed E-state index contributed by atoms with van der Waals surface area (Å²) in [5.74, 6) is -0.463. The summed E-state index contributed by atoms with van der Waals surface area (Å²) in [5, 5.41) is 0. The molecule has 0 saturated heterocycles. The SMILES string of the molecule is CCCCOC(=O)CS(=O)c1ccc(C(C)(C)C)cc1. The van der Waals surface area contributed by atoms with Crippen LogP contribution in [0.15, 0.2) is 29.2 Å². The lowest BCUT2D eigenvalue weighted by Gasteiger charge is -2.19. The minimum atomic E-state index is -1.33. The molecule has 0 amide bonds. The molecule has 4 heteroatoms. The van der Waals surface area contributed by atoms with Crippen LogP contribution in [0.25, 0.3) is 0 Å². The lowest BCUT2D eigenvalue weighted by atomic mass is 9.87. The maximum atomic E-state index is 12.1. The number of hydrogen-bond acceptors (Lipinski definition) is 3. The predicted octanol–water partition coefficient (Wildman–Crippen LogP) is 3.44. The normalized spacial score (nSPS) is 13.0. The molecule has 112 valence electrons. The number of carbonyl (C=O) groups is 1. The third-order valence-electron chi connectivity index (χ3n) is 2.99. The average molecular weight is 296 g/mol. The van der Waals surface area contributed by atoms with Crippen molar-refractivity contribution in [3.63, 3.8) is 0 Å². The first kappa shape index (κ1) is 16.9. The van der Waals surface area contributed by atoms with Crippen molar-refractivity contribution in [1.29, 1.82) is 0 Å². The fourth-order valence-corrected chi connectivity index (χ4v) is 2.57. The Morgan fingerprint density at radius 1 is 1.20 bits per heavy atom. The van der Waals surface area contributed by atoms with Crippen molar-refractivity contribution in [3.05, 3.63) is 29.8 Å². The fraction of sp³-hybridized carbons (Fsp3) is 0.562. The lowest BCUT2D eigenvalue weighted by molar-refractivity contribution is -0.140. The Morgan fingerprint density at radius 2 is 1.80 bits per heavy atom. The van der Waals surface area contributed by atoms with Crippen molar-refractivity contribution in [1.82, 2.24) is 0 Å². The molecule has 0 saturated carbocycles. The second-order valence-corrected chi connectivity index (χ2v) is 7.29. The van der Waals surface area contributed by atoms with E-state index in [9.17, 15) is 9.00 Å². The summed E-state index contributed by atoms with van der Waals surface area (Å²) in [7, 11) is -1.33. The van der Waals surface area contributed by atoms with E-state index < -0.39 is 16.8 Å². The lowest BCUT2D eigenvalue weighted by Crippen LogP contribution is -2.15. The van der Waals surface area contributed by atoms with E-state index >= 15 is 0 Å². The number of hydrogen-bond donors (Lipinski definition) is 0. The Labute approximate surface area is 124 Å². The zero-order chi connectivity index (χ0) is 15.2. The van der Waals surface area contributed by atoms with Gasteiger partial charge in [-0.15, -0.1) is 0 Å². The number of carbonyl (C=O) groups excluding carboxylic acids is 1. The number of rotatable bonds is 6. The molecular weight excluding hydrogens is 272 g/mol. The van der Waals surface area contributed by atoms with E-state index in [4.69, 9.17) is 4.74 Å². The zero-order valence-corrected chi connectivity index (χ0v) is 13.6. The molecule has 1 aromatic carbocycles. The molecule has 0 heterocycles. The number of esters is 1. The monoisotopic (exact) mass is 296 g/mol. The summed E-state index contributed by atoms with van der Waals surface area (Å²) >= 11 is 0. The smallest absolute Gasteiger partial charge is 0.318 e. The largest absolute Gasteiger partial charge is 0.465 e. The van der Waals surface area contributed by atoms with Crippen LogP contribution in [0.3, 0.4) is 0 Å². The van der Waals surface area contributed by atoms with Crippen molar-refractivity contribution in [2.75, 3.05) is 12.4 Å². The molecule has 0 N–H and O–H groups in total. The molecule has 0 bridgehead atoms. The number of ether oxygens (including phenoxy) is 1. The summed E-state index contributed by atoms with van der Waals surface area (Å²) in [6.45, 7) is 8.83. The maximum Gasteiger partial charge on any atom is 0.318 e. The molecule has 1 rings (SSSR count). The highest BCUT2D eigenvalue weighted by atomic mass is 32.2. The van der Waals surface area contributed by atoms with Gasteiger partial charge in [0.1, 0.15) is 5.75 Å². The molecule has 3 nitrogen and oxygen atoms in total. The van der Waals surface area contributed by atoms with Crippen molar-refractivity contribution in [3.8, 4) is 0 Å². The number of benzene rings is 1. The fourth-order valence-electron chi connectivity index (χ4n) is 1.67. The second kappa shape index (κ2) is 7.58. The molecule has 0 aliphatic carbocycles. The summed E-state index contributed by atoms with van der Waals surface area (Å²) in [6.07, 6.45) is 1.82. The van der Waals surface area contributed by atoms with Gasteiger partial charge in [-0.05, 0) is 29.5 Å². The van der Waals surface area contributed by atoms with Gasteiger partial charge in [0.25, 0.3) is 0 Å². The van der Waals surface area contributed by atoms with Crippen LogP contribution in [0.1, 0.15) is 46.1 Å². The Kier molecular flexibility index (Phi) is 6.40. The highest BCUT2D eigenvalue weighted by molar-refractivity contribution is 7.85. The van der Waals surface area contributed by atoms with Gasteiger partial charge in [0, 0.05) is 4.90 Å². The van der Waals surface area contributed by atoms with Gasteiger partial charge < -0.3 is 4.74 Å². The highest BCUT2D eigenvalue weighted by Crippen LogP contribution is 2.23. The van der Waals surface area contributed by atoms with Crippen molar-refractivity contribution >= 4 is 16.8 Å². The molecule has 0 fully saturated rings. The topological polar surface area (TPSA) is 43.4 Å². The molecular formula is C16H24O3S. The zero-order valence-electron chi connectivity index (χ0n) is 12.8. The van der Waals surface area contributed by atoms with Crippen molar-refractivity contribution in [2.45, 2.75) is 50.8 Å². The van der Waals surface area contributed by atoms with E-state index in [1.807, 2.05) is 31.2 Å². The van der Waals surface area contributed by atoms with Gasteiger partial charge in [-0.3, -0.25) is 9.00 Å². The molecule has 1 atom stereocenters. The van der Waals surface area contributed by atoms with Crippen LogP contribution in [-0.2, 0) is 25.7 Å². The predicted molar refractivity (Wildman–Crippen MR) is 82.3 cm³/mol. The van der Waals surface area contributed by atoms with Crippen LogP contribution < -0.4 is 0 Å². The van der Waals surface area contributed by atoms with Gasteiger partial charge in [0.05, 0.1) is 17.4 Å². The van der Waals surface area contributed by atoms with Gasteiger partial charge in [0.15, 0.2) is 0 Å². The summed E-state index contributed by atoms with van der Waals surface area (Å²) in [6, 6.07) is 7.59. The van der Waals surface area contributed by atoms with Gasteiger partial charge in [-0.1, -0.05) is 46.2 Å². The quantitative estimate of drug-likeness (QED) is 0.596. The standard InChI is InChI=1S/C16H24O3S/c1-5-6-11-19-15(17)12-20(18)14-9-7-13(8-10-14)16(2,3)4/h7-10H,5-6,11-12H2,1-4H3. The highest BCUT2D eigenvalue weighted by Gasteiger charge is 2.15. The summed E-state index contributed by atoms with van der Waals surface area (Å²) < 4.78 is 17.1. The average Bonchev–Trinajstić information content (AvgIpc) is 2.38. The van der Waals surface area contributed by atoms with E-state index in [0.717, 1.165) is 12.8 Å². The molecule has 0 aromatic heterocycles. The van der Waals surface area contributed by atoms with Gasteiger partial charge in [0.2, 0.25) is 0 Å². The first-order chi connectivity index (χ1) is 9.34. The molecule has 0 aliphatic rings.